The number of anilines is 1. The van der Waals surface area contributed by atoms with Gasteiger partial charge in [-0.3, -0.25) is 9.59 Å². The van der Waals surface area contributed by atoms with Crippen LogP contribution in [-0.4, -0.2) is 45.0 Å². The summed E-state index contributed by atoms with van der Waals surface area (Å²) in [5, 5.41) is 5.00. The molecule has 0 saturated heterocycles. The van der Waals surface area contributed by atoms with Crippen LogP contribution in [-0.2, 0) is 9.59 Å². The summed E-state index contributed by atoms with van der Waals surface area (Å²) in [7, 11) is 1.99. The standard InChI is InChI=1S/C14H22N4O2/c1-18(12-6-3-2-4-7-12)11-5-9-16-13(19)14(20)17-10-8-15/h2-4,6-7H,5,8-11,15H2,1H3,(H,16,19)(H,17,20). The molecule has 0 aliphatic carbocycles. The average Bonchev–Trinajstić information content (AvgIpc) is 2.49. The number of nitrogens with one attached hydrogen (secondary N) is 2. The van der Waals surface area contributed by atoms with Gasteiger partial charge in [-0.1, -0.05) is 18.2 Å². The van der Waals surface area contributed by atoms with E-state index in [1.54, 1.807) is 0 Å². The predicted molar refractivity (Wildman–Crippen MR) is 79.4 cm³/mol. The van der Waals surface area contributed by atoms with E-state index in [0.717, 1.165) is 18.7 Å². The third-order valence-electron chi connectivity index (χ3n) is 2.79. The van der Waals surface area contributed by atoms with E-state index in [1.165, 1.54) is 0 Å². The highest BCUT2D eigenvalue weighted by Crippen LogP contribution is 2.10. The van der Waals surface area contributed by atoms with Crippen LogP contribution in [0.1, 0.15) is 6.42 Å². The van der Waals surface area contributed by atoms with Crippen LogP contribution in [0.4, 0.5) is 5.69 Å². The quantitative estimate of drug-likeness (QED) is 0.472. The normalized spacial score (nSPS) is 9.90. The number of rotatable bonds is 7. The first-order valence-electron chi connectivity index (χ1n) is 6.67. The summed E-state index contributed by atoms with van der Waals surface area (Å²) in [5.74, 6) is -1.24. The zero-order chi connectivity index (χ0) is 14.8. The molecule has 0 aromatic heterocycles. The van der Waals surface area contributed by atoms with Gasteiger partial charge in [-0.2, -0.15) is 0 Å². The van der Waals surface area contributed by atoms with E-state index in [1.807, 2.05) is 37.4 Å². The molecule has 0 spiro atoms. The molecule has 2 amide bonds. The molecule has 1 aromatic rings. The van der Waals surface area contributed by atoms with Gasteiger partial charge in [0.15, 0.2) is 0 Å². The second-order valence-electron chi connectivity index (χ2n) is 4.41. The molecule has 110 valence electrons. The third kappa shape index (κ3) is 5.71. The molecule has 0 aliphatic heterocycles. The third-order valence-corrected chi connectivity index (χ3v) is 2.79. The maximum absolute atomic E-state index is 11.4. The number of carbonyl (C=O) groups excluding carboxylic acids is 2. The van der Waals surface area contributed by atoms with Crippen molar-refractivity contribution in [1.29, 1.82) is 0 Å². The molecule has 6 heteroatoms. The smallest absolute Gasteiger partial charge is 0.309 e. The molecular formula is C14H22N4O2. The van der Waals surface area contributed by atoms with Crippen molar-refractivity contribution in [3.63, 3.8) is 0 Å². The number of nitrogens with zero attached hydrogens (tertiary/aromatic N) is 1. The molecule has 0 aliphatic rings. The van der Waals surface area contributed by atoms with E-state index in [9.17, 15) is 9.59 Å². The fourth-order valence-electron chi connectivity index (χ4n) is 1.68. The molecule has 20 heavy (non-hydrogen) atoms. The molecule has 4 N–H and O–H groups in total. The van der Waals surface area contributed by atoms with Crippen LogP contribution in [0.15, 0.2) is 30.3 Å². The Morgan fingerprint density at radius 2 is 1.70 bits per heavy atom. The van der Waals surface area contributed by atoms with Crippen molar-refractivity contribution in [2.75, 3.05) is 38.1 Å². The Morgan fingerprint density at radius 3 is 2.30 bits per heavy atom. The van der Waals surface area contributed by atoms with Crippen LogP contribution in [0.25, 0.3) is 0 Å². The Labute approximate surface area is 119 Å². The van der Waals surface area contributed by atoms with Crippen LogP contribution in [0.3, 0.4) is 0 Å². The van der Waals surface area contributed by atoms with Gasteiger partial charge in [0.2, 0.25) is 0 Å². The van der Waals surface area contributed by atoms with Crippen LogP contribution in [0, 0.1) is 0 Å². The van der Waals surface area contributed by atoms with Crippen molar-refractivity contribution in [2.45, 2.75) is 6.42 Å². The summed E-state index contributed by atoms with van der Waals surface area (Å²) in [4.78, 5) is 24.7. The Bertz CT molecular complexity index is 422. The van der Waals surface area contributed by atoms with Gasteiger partial charge in [0.25, 0.3) is 0 Å². The minimum Gasteiger partial charge on any atom is -0.375 e. The number of para-hydroxylation sites is 1. The second kappa shape index (κ2) is 8.92. The Morgan fingerprint density at radius 1 is 1.10 bits per heavy atom. The van der Waals surface area contributed by atoms with Crippen molar-refractivity contribution < 1.29 is 9.59 Å². The Hall–Kier alpha value is -2.08. The molecule has 0 radical (unpaired) electrons. The molecule has 0 bridgehead atoms. The Kier molecular flexibility index (Phi) is 7.13. The number of hydrogen-bond acceptors (Lipinski definition) is 4. The molecule has 1 rings (SSSR count). The largest absolute Gasteiger partial charge is 0.375 e. The minimum atomic E-state index is -0.633. The van der Waals surface area contributed by atoms with E-state index < -0.39 is 11.8 Å². The van der Waals surface area contributed by atoms with Crippen molar-refractivity contribution in [1.82, 2.24) is 10.6 Å². The second-order valence-corrected chi connectivity index (χ2v) is 4.41. The lowest BCUT2D eigenvalue weighted by Gasteiger charge is -2.19. The lowest BCUT2D eigenvalue weighted by atomic mass is 10.3. The SMILES string of the molecule is CN(CCCNC(=O)C(=O)NCCN)c1ccccc1. The molecule has 1 aromatic carbocycles. The first kappa shape index (κ1) is 16.0. The van der Waals surface area contributed by atoms with E-state index in [4.69, 9.17) is 5.73 Å². The molecule has 0 heterocycles. The number of carbonyl (C=O) groups is 2. The molecule has 0 saturated carbocycles. The number of amides is 2. The van der Waals surface area contributed by atoms with Gasteiger partial charge < -0.3 is 21.3 Å². The zero-order valence-electron chi connectivity index (χ0n) is 11.8. The number of hydrogen-bond donors (Lipinski definition) is 3. The molecule has 0 atom stereocenters. The van der Waals surface area contributed by atoms with Crippen molar-refractivity contribution in [2.24, 2.45) is 5.73 Å². The van der Waals surface area contributed by atoms with E-state index in [0.29, 0.717) is 19.6 Å². The number of benzene rings is 1. The maximum Gasteiger partial charge on any atom is 0.309 e. The van der Waals surface area contributed by atoms with Gasteiger partial charge in [-0.15, -0.1) is 0 Å². The molecule has 0 fully saturated rings. The molecule has 0 unspecified atom stereocenters. The van der Waals surface area contributed by atoms with Gasteiger partial charge in [0, 0.05) is 38.9 Å². The van der Waals surface area contributed by atoms with Crippen molar-refractivity contribution in [3.8, 4) is 0 Å². The van der Waals surface area contributed by atoms with Crippen molar-refractivity contribution in [3.05, 3.63) is 30.3 Å². The summed E-state index contributed by atoms with van der Waals surface area (Å²) in [6.07, 6.45) is 0.765. The fourth-order valence-corrected chi connectivity index (χ4v) is 1.68. The van der Waals surface area contributed by atoms with Gasteiger partial charge in [0.05, 0.1) is 0 Å². The average molecular weight is 278 g/mol. The summed E-state index contributed by atoms with van der Waals surface area (Å²) in [6.45, 7) is 1.89. The van der Waals surface area contributed by atoms with E-state index in [-0.39, 0.29) is 0 Å². The molecule has 6 nitrogen and oxygen atoms in total. The summed E-state index contributed by atoms with van der Waals surface area (Å²) in [5.41, 5.74) is 6.36. The lowest BCUT2D eigenvalue weighted by molar-refractivity contribution is -0.139. The van der Waals surface area contributed by atoms with Gasteiger partial charge >= 0.3 is 11.8 Å². The van der Waals surface area contributed by atoms with Crippen LogP contribution >= 0.6 is 0 Å². The predicted octanol–water partition coefficient (Wildman–Crippen LogP) is -0.296. The van der Waals surface area contributed by atoms with Crippen LogP contribution < -0.4 is 21.3 Å². The summed E-state index contributed by atoms with van der Waals surface area (Å²) in [6, 6.07) is 9.99. The fraction of sp³-hybridized carbons (Fsp3) is 0.429. The monoisotopic (exact) mass is 278 g/mol. The van der Waals surface area contributed by atoms with Crippen LogP contribution in [0.5, 0.6) is 0 Å². The number of nitrogens with two attached hydrogens (primary N) is 1. The first-order chi connectivity index (χ1) is 9.65. The highest BCUT2D eigenvalue weighted by molar-refractivity contribution is 6.35. The van der Waals surface area contributed by atoms with Crippen LogP contribution in [0.2, 0.25) is 0 Å². The maximum atomic E-state index is 11.4. The molecular weight excluding hydrogens is 256 g/mol. The van der Waals surface area contributed by atoms with E-state index >= 15 is 0 Å². The van der Waals surface area contributed by atoms with Gasteiger partial charge in [-0.05, 0) is 18.6 Å². The zero-order valence-corrected chi connectivity index (χ0v) is 11.8. The first-order valence-corrected chi connectivity index (χ1v) is 6.67. The lowest BCUT2D eigenvalue weighted by Crippen LogP contribution is -2.42. The topological polar surface area (TPSA) is 87.5 Å². The Balaban J connectivity index is 2.18. The summed E-state index contributed by atoms with van der Waals surface area (Å²) < 4.78 is 0. The summed E-state index contributed by atoms with van der Waals surface area (Å²) >= 11 is 0. The van der Waals surface area contributed by atoms with Gasteiger partial charge in [-0.25, -0.2) is 0 Å². The minimum absolute atomic E-state index is 0.309. The highest BCUT2D eigenvalue weighted by Gasteiger charge is 2.11. The van der Waals surface area contributed by atoms with E-state index in [2.05, 4.69) is 15.5 Å². The van der Waals surface area contributed by atoms with Crippen molar-refractivity contribution >= 4 is 17.5 Å². The van der Waals surface area contributed by atoms with Gasteiger partial charge in [0.1, 0.15) is 0 Å². The highest BCUT2D eigenvalue weighted by atomic mass is 16.2.